The van der Waals surface area contributed by atoms with Crippen LogP contribution in [0.2, 0.25) is 5.02 Å². The van der Waals surface area contributed by atoms with Crippen LogP contribution in [0.25, 0.3) is 11.3 Å². The van der Waals surface area contributed by atoms with E-state index in [1.54, 1.807) is 18.3 Å². The van der Waals surface area contributed by atoms with Crippen LogP contribution in [-0.4, -0.2) is 21.0 Å². The number of rotatable bonds is 5. The molecule has 2 aromatic heterocycles. The van der Waals surface area contributed by atoms with E-state index in [-0.39, 0.29) is 23.9 Å². The molecule has 7 heteroatoms. The van der Waals surface area contributed by atoms with Gasteiger partial charge in [-0.1, -0.05) is 23.7 Å². The smallest absolute Gasteiger partial charge is 0.226 e. The Morgan fingerprint density at radius 2 is 2.04 bits per heavy atom. The summed E-state index contributed by atoms with van der Waals surface area (Å²) in [6.07, 6.45) is 3.54. The highest BCUT2D eigenvalue weighted by Crippen LogP contribution is 2.28. The van der Waals surface area contributed by atoms with Crippen molar-refractivity contribution in [3.8, 4) is 17.1 Å². The van der Waals surface area contributed by atoms with Crippen molar-refractivity contribution < 1.29 is 14.3 Å². The number of carbonyl (C=O) groups excluding carboxylic acids is 1. The van der Waals surface area contributed by atoms with Gasteiger partial charge in [-0.3, -0.25) is 4.79 Å². The van der Waals surface area contributed by atoms with Crippen LogP contribution < -0.4 is 5.32 Å². The molecule has 3 rings (SSSR count). The molecule has 1 amide bonds. The fourth-order valence-corrected chi connectivity index (χ4v) is 2.35. The molecule has 2 heterocycles. The van der Waals surface area contributed by atoms with Gasteiger partial charge >= 0.3 is 0 Å². The molecule has 24 heavy (non-hydrogen) atoms. The second-order valence-corrected chi connectivity index (χ2v) is 5.42. The van der Waals surface area contributed by atoms with Crippen molar-refractivity contribution >= 4 is 23.3 Å². The third-order valence-electron chi connectivity index (χ3n) is 3.30. The second kappa shape index (κ2) is 7.14. The van der Waals surface area contributed by atoms with Crippen molar-refractivity contribution in [2.45, 2.75) is 12.8 Å². The van der Waals surface area contributed by atoms with Gasteiger partial charge in [-0.25, -0.2) is 9.97 Å². The summed E-state index contributed by atoms with van der Waals surface area (Å²) in [5.41, 5.74) is 0.751. The fourth-order valence-electron chi connectivity index (χ4n) is 2.12. The minimum Gasteiger partial charge on any atom is -0.504 e. The van der Waals surface area contributed by atoms with Gasteiger partial charge in [-0.15, -0.1) is 0 Å². The maximum atomic E-state index is 11.9. The van der Waals surface area contributed by atoms with E-state index in [4.69, 9.17) is 16.0 Å². The van der Waals surface area contributed by atoms with Crippen molar-refractivity contribution in [1.82, 2.24) is 9.97 Å². The molecule has 3 aromatic rings. The average Bonchev–Trinajstić information content (AvgIpc) is 3.04. The molecule has 122 valence electrons. The summed E-state index contributed by atoms with van der Waals surface area (Å²) in [6.45, 7) is 0. The zero-order chi connectivity index (χ0) is 16.9. The average molecular weight is 344 g/mol. The molecule has 1 aromatic carbocycles. The molecule has 0 unspecified atom stereocenters. The van der Waals surface area contributed by atoms with E-state index < -0.39 is 0 Å². The lowest BCUT2D eigenvalue weighted by atomic mass is 10.2. The lowest BCUT2D eigenvalue weighted by Gasteiger charge is -2.04. The molecule has 0 aliphatic rings. The first-order chi connectivity index (χ1) is 11.6. The highest BCUT2D eigenvalue weighted by atomic mass is 35.5. The summed E-state index contributed by atoms with van der Waals surface area (Å²) in [7, 11) is 0. The number of carbonyl (C=O) groups is 1. The van der Waals surface area contributed by atoms with Gasteiger partial charge in [0.2, 0.25) is 5.91 Å². The Labute approximate surface area is 143 Å². The predicted octanol–water partition coefficient (Wildman–Crippen LogP) is 3.67. The number of aromatic hydroxyl groups is 1. The third kappa shape index (κ3) is 3.72. The SMILES string of the molecule is O=C(CCc1ncc(-c2ccccc2Cl)o1)Nc1ncccc1O. The van der Waals surface area contributed by atoms with Crippen molar-refractivity contribution in [2.75, 3.05) is 5.32 Å². The van der Waals surface area contributed by atoms with Crippen LogP contribution in [0.15, 0.2) is 53.2 Å². The molecule has 0 aliphatic heterocycles. The molecule has 0 aliphatic carbocycles. The largest absolute Gasteiger partial charge is 0.504 e. The zero-order valence-electron chi connectivity index (χ0n) is 12.6. The first kappa shape index (κ1) is 16.0. The molecule has 0 saturated heterocycles. The number of halogens is 1. The number of anilines is 1. The summed E-state index contributed by atoms with van der Waals surface area (Å²) in [5, 5.41) is 12.7. The Morgan fingerprint density at radius 3 is 2.83 bits per heavy atom. The molecular formula is C17H14ClN3O3. The summed E-state index contributed by atoms with van der Waals surface area (Å²) in [4.78, 5) is 20.0. The monoisotopic (exact) mass is 343 g/mol. The number of nitrogens with one attached hydrogen (secondary N) is 1. The van der Waals surface area contributed by atoms with E-state index in [0.29, 0.717) is 23.1 Å². The van der Waals surface area contributed by atoms with Gasteiger partial charge in [-0.2, -0.15) is 0 Å². The van der Waals surface area contributed by atoms with Crippen LogP contribution in [0.4, 0.5) is 5.82 Å². The van der Waals surface area contributed by atoms with E-state index in [1.165, 1.54) is 12.3 Å². The molecular weight excluding hydrogens is 330 g/mol. The van der Waals surface area contributed by atoms with Gasteiger partial charge in [-0.05, 0) is 24.3 Å². The Morgan fingerprint density at radius 1 is 1.21 bits per heavy atom. The van der Waals surface area contributed by atoms with Gasteiger partial charge in [0.1, 0.15) is 0 Å². The van der Waals surface area contributed by atoms with Crippen LogP contribution >= 0.6 is 11.6 Å². The summed E-state index contributed by atoms with van der Waals surface area (Å²) >= 11 is 6.12. The van der Waals surface area contributed by atoms with Gasteiger partial charge in [0.25, 0.3) is 0 Å². The lowest BCUT2D eigenvalue weighted by molar-refractivity contribution is -0.116. The standard InChI is InChI=1S/C17H14ClN3O3/c18-12-5-2-1-4-11(12)14-10-20-16(24-14)8-7-15(23)21-17-13(22)6-3-9-19-17/h1-6,9-10,22H,7-8H2,(H,19,21,23). The van der Waals surface area contributed by atoms with Crippen molar-refractivity contribution in [3.63, 3.8) is 0 Å². The Hall–Kier alpha value is -2.86. The van der Waals surface area contributed by atoms with E-state index in [2.05, 4.69) is 15.3 Å². The van der Waals surface area contributed by atoms with Gasteiger partial charge in [0.05, 0.1) is 11.2 Å². The number of amides is 1. The van der Waals surface area contributed by atoms with E-state index in [1.807, 2.05) is 18.2 Å². The van der Waals surface area contributed by atoms with Crippen LogP contribution in [-0.2, 0) is 11.2 Å². The van der Waals surface area contributed by atoms with Crippen LogP contribution in [0.3, 0.4) is 0 Å². The lowest BCUT2D eigenvalue weighted by Crippen LogP contribution is -2.13. The number of hydrogen-bond acceptors (Lipinski definition) is 5. The number of hydrogen-bond donors (Lipinski definition) is 2. The maximum Gasteiger partial charge on any atom is 0.226 e. The van der Waals surface area contributed by atoms with Gasteiger partial charge in [0, 0.05) is 24.6 Å². The van der Waals surface area contributed by atoms with Crippen molar-refractivity contribution in [1.29, 1.82) is 0 Å². The Bertz CT molecular complexity index is 864. The van der Waals surface area contributed by atoms with Gasteiger partial charge < -0.3 is 14.8 Å². The second-order valence-electron chi connectivity index (χ2n) is 5.02. The minimum atomic E-state index is -0.290. The van der Waals surface area contributed by atoms with Crippen LogP contribution in [0.1, 0.15) is 12.3 Å². The van der Waals surface area contributed by atoms with E-state index in [9.17, 15) is 9.90 Å². The van der Waals surface area contributed by atoms with E-state index >= 15 is 0 Å². The number of benzene rings is 1. The maximum absolute atomic E-state index is 11.9. The normalized spacial score (nSPS) is 10.5. The first-order valence-corrected chi connectivity index (χ1v) is 7.65. The molecule has 0 fully saturated rings. The van der Waals surface area contributed by atoms with Crippen LogP contribution in [0.5, 0.6) is 5.75 Å². The Kier molecular flexibility index (Phi) is 4.77. The van der Waals surface area contributed by atoms with E-state index in [0.717, 1.165) is 5.56 Å². The minimum absolute atomic E-state index is 0.0806. The number of oxazole rings is 1. The highest BCUT2D eigenvalue weighted by molar-refractivity contribution is 6.33. The van der Waals surface area contributed by atoms with Gasteiger partial charge in [0.15, 0.2) is 23.2 Å². The first-order valence-electron chi connectivity index (χ1n) is 7.27. The molecule has 2 N–H and O–H groups in total. The molecule has 0 radical (unpaired) electrons. The van der Waals surface area contributed by atoms with Crippen LogP contribution in [0, 0.1) is 0 Å². The molecule has 0 bridgehead atoms. The number of nitrogens with zero attached hydrogens (tertiary/aromatic N) is 2. The number of aromatic nitrogens is 2. The number of aryl methyl sites for hydroxylation is 1. The third-order valence-corrected chi connectivity index (χ3v) is 3.63. The Balaban J connectivity index is 1.61. The predicted molar refractivity (Wildman–Crippen MR) is 89.8 cm³/mol. The quantitative estimate of drug-likeness (QED) is 0.738. The molecule has 0 saturated carbocycles. The summed E-state index contributed by atoms with van der Waals surface area (Å²) in [6, 6.07) is 10.3. The van der Waals surface area contributed by atoms with Crippen molar-refractivity contribution in [2.24, 2.45) is 0 Å². The summed E-state index contributed by atoms with van der Waals surface area (Å²) < 4.78 is 5.63. The molecule has 6 nitrogen and oxygen atoms in total. The fraction of sp³-hybridized carbons (Fsp3) is 0.118. The highest BCUT2D eigenvalue weighted by Gasteiger charge is 2.12. The molecule has 0 spiro atoms. The zero-order valence-corrected chi connectivity index (χ0v) is 13.3. The molecule has 0 atom stereocenters. The summed E-state index contributed by atoms with van der Waals surface area (Å²) in [5.74, 6) is 0.750. The number of pyridine rings is 1. The topological polar surface area (TPSA) is 88.3 Å². The van der Waals surface area contributed by atoms with Crippen molar-refractivity contribution in [3.05, 3.63) is 59.7 Å².